The summed E-state index contributed by atoms with van der Waals surface area (Å²) < 4.78 is 5.13. The zero-order valence-corrected chi connectivity index (χ0v) is 11.7. The van der Waals surface area contributed by atoms with Crippen molar-refractivity contribution in [2.24, 2.45) is 0 Å². The molecule has 2 aromatic rings. The Morgan fingerprint density at radius 1 is 1.29 bits per heavy atom. The summed E-state index contributed by atoms with van der Waals surface area (Å²) >= 11 is 0. The number of nitrogens with zero attached hydrogens (tertiary/aromatic N) is 3. The largest absolute Gasteiger partial charge is 0.494 e. The lowest BCUT2D eigenvalue weighted by Crippen LogP contribution is -2.18. The van der Waals surface area contributed by atoms with Crippen molar-refractivity contribution < 1.29 is 9.53 Å². The van der Waals surface area contributed by atoms with Crippen LogP contribution in [0.15, 0.2) is 30.6 Å². The fraction of sp³-hybridized carbons (Fsp3) is 0.333. The fourth-order valence-electron chi connectivity index (χ4n) is 2.25. The third kappa shape index (κ3) is 2.84. The molecule has 0 radical (unpaired) electrons. The molecule has 1 fully saturated rings. The first-order valence-corrected chi connectivity index (χ1v) is 6.91. The molecule has 0 unspecified atom stereocenters. The first-order valence-electron chi connectivity index (χ1n) is 6.91. The highest BCUT2D eigenvalue weighted by atomic mass is 16.5. The zero-order chi connectivity index (χ0) is 14.7. The van der Waals surface area contributed by atoms with Crippen molar-refractivity contribution in [1.82, 2.24) is 15.0 Å². The number of carbonyl (C=O) groups is 1. The number of rotatable bonds is 4. The minimum absolute atomic E-state index is 0.220. The van der Waals surface area contributed by atoms with Crippen LogP contribution < -0.4 is 10.1 Å². The molecule has 1 aliphatic rings. The van der Waals surface area contributed by atoms with E-state index >= 15 is 0 Å². The molecule has 1 N–H and O–H groups in total. The predicted octanol–water partition coefficient (Wildman–Crippen LogP) is 2.40. The second-order valence-corrected chi connectivity index (χ2v) is 4.94. The number of hydrogen-bond donors (Lipinski definition) is 1. The van der Waals surface area contributed by atoms with Gasteiger partial charge in [-0.2, -0.15) is 0 Å². The highest BCUT2D eigenvalue weighted by Gasteiger charge is 2.22. The molecule has 0 saturated heterocycles. The van der Waals surface area contributed by atoms with Crippen LogP contribution in [0.4, 0.5) is 5.95 Å². The molecule has 0 aliphatic heterocycles. The van der Waals surface area contributed by atoms with Gasteiger partial charge in [0, 0.05) is 24.0 Å². The van der Waals surface area contributed by atoms with Gasteiger partial charge < -0.3 is 4.74 Å². The number of anilines is 1. The van der Waals surface area contributed by atoms with Gasteiger partial charge in [-0.25, -0.2) is 15.0 Å². The lowest BCUT2D eigenvalue weighted by Gasteiger charge is -2.24. The highest BCUT2D eigenvalue weighted by Crippen LogP contribution is 2.35. The monoisotopic (exact) mass is 284 g/mol. The minimum Gasteiger partial charge on any atom is -0.494 e. The standard InChI is InChI=1S/C15H16N4O2/c1-21-12-6-3-8-16-13(12)14(20)19-15-17-9-7-11(18-15)10-4-2-5-10/h3,6-10H,2,4-5H2,1H3,(H,17,18,19,20). The number of nitrogens with one attached hydrogen (secondary N) is 1. The zero-order valence-electron chi connectivity index (χ0n) is 11.7. The molecule has 0 spiro atoms. The summed E-state index contributed by atoms with van der Waals surface area (Å²) in [6, 6.07) is 5.30. The van der Waals surface area contributed by atoms with E-state index in [0.29, 0.717) is 17.6 Å². The third-order valence-electron chi connectivity index (χ3n) is 3.63. The van der Waals surface area contributed by atoms with Gasteiger partial charge in [-0.1, -0.05) is 6.42 Å². The Hall–Kier alpha value is -2.50. The summed E-state index contributed by atoms with van der Waals surface area (Å²) in [6.45, 7) is 0. The van der Waals surface area contributed by atoms with E-state index in [1.807, 2.05) is 6.07 Å². The maximum absolute atomic E-state index is 12.2. The molecule has 6 nitrogen and oxygen atoms in total. The number of hydrogen-bond acceptors (Lipinski definition) is 5. The smallest absolute Gasteiger partial charge is 0.280 e. The molecule has 0 bridgehead atoms. The van der Waals surface area contributed by atoms with E-state index in [-0.39, 0.29) is 11.6 Å². The van der Waals surface area contributed by atoms with Crippen LogP contribution in [0.1, 0.15) is 41.4 Å². The van der Waals surface area contributed by atoms with Crippen LogP contribution in [-0.2, 0) is 0 Å². The van der Waals surface area contributed by atoms with Crippen molar-refractivity contribution in [2.45, 2.75) is 25.2 Å². The Labute approximate surface area is 122 Å². The van der Waals surface area contributed by atoms with E-state index in [1.165, 1.54) is 13.5 Å². The van der Waals surface area contributed by atoms with Crippen LogP contribution in [0.5, 0.6) is 5.75 Å². The Morgan fingerprint density at radius 3 is 2.86 bits per heavy atom. The van der Waals surface area contributed by atoms with E-state index in [4.69, 9.17) is 4.74 Å². The van der Waals surface area contributed by atoms with Crippen LogP contribution in [-0.4, -0.2) is 28.0 Å². The number of aromatic nitrogens is 3. The SMILES string of the molecule is COc1cccnc1C(=O)Nc1nccc(C2CCC2)n1. The Bertz CT molecular complexity index is 656. The van der Waals surface area contributed by atoms with Crippen molar-refractivity contribution in [3.63, 3.8) is 0 Å². The van der Waals surface area contributed by atoms with Gasteiger partial charge in [0.1, 0.15) is 5.75 Å². The van der Waals surface area contributed by atoms with Gasteiger partial charge in [-0.05, 0) is 31.0 Å². The van der Waals surface area contributed by atoms with Crippen LogP contribution in [0.3, 0.4) is 0 Å². The molecule has 1 aliphatic carbocycles. The number of pyridine rings is 1. The quantitative estimate of drug-likeness (QED) is 0.932. The van der Waals surface area contributed by atoms with E-state index in [9.17, 15) is 4.79 Å². The summed E-state index contributed by atoms with van der Waals surface area (Å²) in [4.78, 5) is 24.8. The van der Waals surface area contributed by atoms with Crippen LogP contribution >= 0.6 is 0 Å². The normalized spacial score (nSPS) is 14.3. The highest BCUT2D eigenvalue weighted by molar-refractivity contribution is 6.03. The van der Waals surface area contributed by atoms with Crippen molar-refractivity contribution >= 4 is 11.9 Å². The van der Waals surface area contributed by atoms with Crippen LogP contribution in [0.25, 0.3) is 0 Å². The topological polar surface area (TPSA) is 77.0 Å². The molecule has 21 heavy (non-hydrogen) atoms. The second kappa shape index (κ2) is 5.87. The molecule has 0 aromatic carbocycles. The first-order chi connectivity index (χ1) is 10.3. The van der Waals surface area contributed by atoms with Gasteiger partial charge in [0.05, 0.1) is 7.11 Å². The summed E-state index contributed by atoms with van der Waals surface area (Å²) in [5, 5.41) is 2.67. The van der Waals surface area contributed by atoms with Crippen molar-refractivity contribution in [3.05, 3.63) is 42.0 Å². The molecule has 1 saturated carbocycles. The van der Waals surface area contributed by atoms with Gasteiger partial charge >= 0.3 is 0 Å². The van der Waals surface area contributed by atoms with Gasteiger partial charge in [0.25, 0.3) is 5.91 Å². The van der Waals surface area contributed by atoms with Gasteiger partial charge in [-0.15, -0.1) is 0 Å². The Balaban J connectivity index is 1.78. The Kier molecular flexibility index (Phi) is 3.77. The van der Waals surface area contributed by atoms with Crippen LogP contribution in [0, 0.1) is 0 Å². The van der Waals surface area contributed by atoms with E-state index < -0.39 is 0 Å². The average molecular weight is 284 g/mol. The number of ether oxygens (including phenoxy) is 1. The summed E-state index contributed by atoms with van der Waals surface area (Å²) in [7, 11) is 1.50. The van der Waals surface area contributed by atoms with Crippen molar-refractivity contribution in [2.75, 3.05) is 12.4 Å². The third-order valence-corrected chi connectivity index (χ3v) is 3.63. The minimum atomic E-state index is -0.377. The number of amides is 1. The molecule has 2 aromatic heterocycles. The first kappa shape index (κ1) is 13.5. The maximum Gasteiger partial charge on any atom is 0.280 e. The molecule has 2 heterocycles. The van der Waals surface area contributed by atoms with Gasteiger partial charge in [0.15, 0.2) is 5.69 Å². The molecule has 6 heteroatoms. The molecule has 1 amide bonds. The Morgan fingerprint density at radius 2 is 2.14 bits per heavy atom. The average Bonchev–Trinajstić information content (AvgIpc) is 2.46. The lowest BCUT2D eigenvalue weighted by atomic mass is 9.83. The predicted molar refractivity (Wildman–Crippen MR) is 77.4 cm³/mol. The van der Waals surface area contributed by atoms with E-state index in [2.05, 4.69) is 20.3 Å². The summed E-state index contributed by atoms with van der Waals surface area (Å²) in [5.74, 6) is 0.841. The second-order valence-electron chi connectivity index (χ2n) is 4.94. The van der Waals surface area contributed by atoms with E-state index in [0.717, 1.165) is 18.5 Å². The summed E-state index contributed by atoms with van der Waals surface area (Å²) in [6.07, 6.45) is 6.76. The number of carbonyl (C=O) groups excluding carboxylic acids is 1. The maximum atomic E-state index is 12.2. The van der Waals surface area contributed by atoms with Gasteiger partial charge in [0.2, 0.25) is 5.95 Å². The molecule has 0 atom stereocenters. The molecule has 108 valence electrons. The van der Waals surface area contributed by atoms with Crippen molar-refractivity contribution in [1.29, 1.82) is 0 Å². The number of methoxy groups -OCH3 is 1. The van der Waals surface area contributed by atoms with Crippen LogP contribution in [0.2, 0.25) is 0 Å². The lowest BCUT2D eigenvalue weighted by molar-refractivity contribution is 0.101. The fourth-order valence-corrected chi connectivity index (χ4v) is 2.25. The molecule has 3 rings (SSSR count). The molecular weight excluding hydrogens is 268 g/mol. The molecular formula is C15H16N4O2. The van der Waals surface area contributed by atoms with Gasteiger partial charge in [-0.3, -0.25) is 10.1 Å². The van der Waals surface area contributed by atoms with E-state index in [1.54, 1.807) is 24.5 Å². The summed E-state index contributed by atoms with van der Waals surface area (Å²) in [5.41, 5.74) is 1.21. The van der Waals surface area contributed by atoms with Crippen molar-refractivity contribution in [3.8, 4) is 5.75 Å².